The first-order valence-corrected chi connectivity index (χ1v) is 7.94. The van der Waals surface area contributed by atoms with Gasteiger partial charge in [-0.2, -0.15) is 0 Å². The van der Waals surface area contributed by atoms with Crippen LogP contribution >= 0.6 is 21.6 Å². The number of carbonyl (C=O) groups excluding carboxylic acids is 1. The molecule has 0 N–H and O–H groups in total. The van der Waals surface area contributed by atoms with Gasteiger partial charge in [-0.1, -0.05) is 48.8 Å². The maximum absolute atomic E-state index is 10.9. The summed E-state index contributed by atoms with van der Waals surface area (Å²) < 4.78 is 0. The summed E-state index contributed by atoms with van der Waals surface area (Å²) in [6.07, 6.45) is 4.37. The van der Waals surface area contributed by atoms with Crippen LogP contribution in [0.1, 0.15) is 46.5 Å². The van der Waals surface area contributed by atoms with Crippen LogP contribution in [-0.2, 0) is 4.79 Å². The SMILES string of the molecule is C1CSSC1.CCCCC(=O)C(C)C. The number of rotatable bonds is 4. The molecule has 1 saturated heterocycles. The van der Waals surface area contributed by atoms with Crippen molar-refractivity contribution in [3.05, 3.63) is 0 Å². The smallest absolute Gasteiger partial charge is 0.135 e. The summed E-state index contributed by atoms with van der Waals surface area (Å²) in [6, 6.07) is 0. The van der Waals surface area contributed by atoms with Crippen LogP contribution in [0, 0.1) is 5.92 Å². The molecule has 1 heterocycles. The van der Waals surface area contributed by atoms with Crippen molar-refractivity contribution in [1.29, 1.82) is 0 Å². The predicted octanol–water partition coefficient (Wildman–Crippen LogP) is 4.17. The van der Waals surface area contributed by atoms with Crippen LogP contribution in [0.3, 0.4) is 0 Å². The van der Waals surface area contributed by atoms with Gasteiger partial charge in [-0.15, -0.1) is 0 Å². The first kappa shape index (κ1) is 14.4. The topological polar surface area (TPSA) is 17.1 Å². The molecule has 1 aliphatic rings. The molecule has 0 aromatic heterocycles. The Hall–Kier alpha value is 0.370. The average molecular weight is 234 g/mol. The van der Waals surface area contributed by atoms with Gasteiger partial charge in [-0.05, 0) is 12.8 Å². The minimum absolute atomic E-state index is 0.233. The molecule has 0 aliphatic carbocycles. The summed E-state index contributed by atoms with van der Waals surface area (Å²) in [6.45, 7) is 6.02. The van der Waals surface area contributed by atoms with Gasteiger partial charge in [0, 0.05) is 23.8 Å². The van der Waals surface area contributed by atoms with E-state index in [1.54, 1.807) is 0 Å². The third-order valence-electron chi connectivity index (χ3n) is 1.96. The van der Waals surface area contributed by atoms with Gasteiger partial charge in [0.1, 0.15) is 5.78 Å². The highest BCUT2D eigenvalue weighted by molar-refractivity contribution is 8.77. The van der Waals surface area contributed by atoms with E-state index in [9.17, 15) is 4.79 Å². The Morgan fingerprint density at radius 2 is 1.86 bits per heavy atom. The van der Waals surface area contributed by atoms with Crippen LogP contribution in [0.4, 0.5) is 0 Å². The fraction of sp³-hybridized carbons (Fsp3) is 0.909. The molecule has 0 aromatic rings. The highest BCUT2D eigenvalue weighted by Gasteiger charge is 2.04. The Kier molecular flexibility index (Phi) is 10.2. The zero-order chi connectivity index (χ0) is 10.8. The van der Waals surface area contributed by atoms with E-state index in [-0.39, 0.29) is 5.92 Å². The number of hydrogen-bond acceptors (Lipinski definition) is 3. The number of hydrogen-bond donors (Lipinski definition) is 0. The highest BCUT2D eigenvalue weighted by atomic mass is 33.1. The normalized spacial score (nSPS) is 15.1. The van der Waals surface area contributed by atoms with E-state index >= 15 is 0 Å². The summed E-state index contributed by atoms with van der Waals surface area (Å²) in [5.74, 6) is 3.39. The number of ketones is 1. The van der Waals surface area contributed by atoms with E-state index in [0.29, 0.717) is 5.78 Å². The number of unbranched alkanes of at least 4 members (excludes halogenated alkanes) is 1. The van der Waals surface area contributed by atoms with Crippen molar-refractivity contribution in [2.75, 3.05) is 11.5 Å². The van der Waals surface area contributed by atoms with Gasteiger partial charge in [0.15, 0.2) is 0 Å². The van der Waals surface area contributed by atoms with Gasteiger partial charge in [-0.25, -0.2) is 0 Å². The lowest BCUT2D eigenvalue weighted by atomic mass is 10.0. The number of carbonyl (C=O) groups is 1. The van der Waals surface area contributed by atoms with Gasteiger partial charge in [0.2, 0.25) is 0 Å². The molecule has 0 atom stereocenters. The van der Waals surface area contributed by atoms with Gasteiger partial charge in [0.05, 0.1) is 0 Å². The van der Waals surface area contributed by atoms with E-state index in [4.69, 9.17) is 0 Å². The Balaban J connectivity index is 0.000000280. The van der Waals surface area contributed by atoms with Crippen LogP contribution in [0.2, 0.25) is 0 Å². The lowest BCUT2D eigenvalue weighted by Gasteiger charge is -2.00. The van der Waals surface area contributed by atoms with Crippen molar-refractivity contribution in [2.24, 2.45) is 5.92 Å². The monoisotopic (exact) mass is 234 g/mol. The molecular weight excluding hydrogens is 212 g/mol. The molecule has 0 saturated carbocycles. The fourth-order valence-corrected chi connectivity index (χ4v) is 3.29. The Morgan fingerprint density at radius 1 is 1.29 bits per heavy atom. The fourth-order valence-electron chi connectivity index (χ4n) is 0.934. The molecule has 0 bridgehead atoms. The zero-order valence-corrected chi connectivity index (χ0v) is 11.2. The van der Waals surface area contributed by atoms with E-state index in [2.05, 4.69) is 6.92 Å². The van der Waals surface area contributed by atoms with Gasteiger partial charge in [0.25, 0.3) is 0 Å². The lowest BCUT2D eigenvalue weighted by Crippen LogP contribution is -2.05. The molecule has 0 spiro atoms. The molecule has 84 valence electrons. The summed E-state index contributed by atoms with van der Waals surface area (Å²) in [4.78, 5) is 10.9. The zero-order valence-electron chi connectivity index (χ0n) is 9.54. The minimum Gasteiger partial charge on any atom is -0.299 e. The molecule has 0 amide bonds. The summed E-state index contributed by atoms with van der Waals surface area (Å²) in [7, 11) is 3.98. The van der Waals surface area contributed by atoms with Gasteiger partial charge < -0.3 is 0 Å². The van der Waals surface area contributed by atoms with Crippen molar-refractivity contribution in [1.82, 2.24) is 0 Å². The van der Waals surface area contributed by atoms with Crippen molar-refractivity contribution < 1.29 is 4.79 Å². The summed E-state index contributed by atoms with van der Waals surface area (Å²) in [5.41, 5.74) is 0. The lowest BCUT2D eigenvalue weighted by molar-refractivity contribution is -0.121. The molecule has 1 rings (SSSR count). The van der Waals surface area contributed by atoms with E-state index in [1.165, 1.54) is 17.9 Å². The first-order chi connectivity index (χ1) is 6.68. The average Bonchev–Trinajstić information content (AvgIpc) is 2.71. The molecule has 14 heavy (non-hydrogen) atoms. The quantitative estimate of drug-likeness (QED) is 0.680. The van der Waals surface area contributed by atoms with Crippen molar-refractivity contribution in [2.45, 2.75) is 46.5 Å². The summed E-state index contributed by atoms with van der Waals surface area (Å²) in [5, 5.41) is 0. The van der Waals surface area contributed by atoms with Crippen molar-refractivity contribution in [3.8, 4) is 0 Å². The van der Waals surface area contributed by atoms with Crippen LogP contribution in [0.15, 0.2) is 0 Å². The molecule has 1 nitrogen and oxygen atoms in total. The largest absolute Gasteiger partial charge is 0.299 e. The Morgan fingerprint density at radius 3 is 2.14 bits per heavy atom. The van der Waals surface area contributed by atoms with Crippen LogP contribution in [0.5, 0.6) is 0 Å². The van der Waals surface area contributed by atoms with Crippen molar-refractivity contribution in [3.63, 3.8) is 0 Å². The standard InChI is InChI=1S/C8H16O.C3H6S2/c1-4-5-6-8(9)7(2)3;1-2-4-5-3-1/h7H,4-6H2,1-3H3;1-3H2. The Bertz CT molecular complexity index is 135. The van der Waals surface area contributed by atoms with Crippen LogP contribution in [-0.4, -0.2) is 17.3 Å². The molecule has 0 radical (unpaired) electrons. The molecule has 1 fully saturated rings. The highest BCUT2D eigenvalue weighted by Crippen LogP contribution is 2.29. The minimum atomic E-state index is 0.233. The third-order valence-corrected chi connectivity index (χ3v) is 4.54. The molecule has 1 aliphatic heterocycles. The van der Waals surface area contributed by atoms with E-state index in [1.807, 2.05) is 35.4 Å². The van der Waals surface area contributed by atoms with E-state index < -0.39 is 0 Å². The third kappa shape index (κ3) is 8.95. The maximum atomic E-state index is 10.9. The molecule has 0 unspecified atom stereocenters. The second-order valence-electron chi connectivity index (χ2n) is 3.72. The second kappa shape index (κ2) is 9.91. The van der Waals surface area contributed by atoms with Gasteiger partial charge >= 0.3 is 0 Å². The molecular formula is C11H22OS2. The second-order valence-corrected chi connectivity index (χ2v) is 6.42. The van der Waals surface area contributed by atoms with Crippen molar-refractivity contribution >= 4 is 27.4 Å². The molecule has 3 heteroatoms. The van der Waals surface area contributed by atoms with E-state index in [0.717, 1.165) is 19.3 Å². The van der Waals surface area contributed by atoms with Gasteiger partial charge in [-0.3, -0.25) is 4.79 Å². The number of Topliss-reactive ketones (excluding diaryl/α,β-unsaturated/α-hetero) is 1. The first-order valence-electron chi connectivity index (χ1n) is 5.45. The summed E-state index contributed by atoms with van der Waals surface area (Å²) >= 11 is 0. The predicted molar refractivity (Wildman–Crippen MR) is 68.9 cm³/mol. The Labute approximate surface area is 96.2 Å². The van der Waals surface area contributed by atoms with Crippen LogP contribution < -0.4 is 0 Å². The van der Waals surface area contributed by atoms with Crippen LogP contribution in [0.25, 0.3) is 0 Å². The maximum Gasteiger partial charge on any atom is 0.135 e. The molecule has 0 aromatic carbocycles.